The highest BCUT2D eigenvalue weighted by Crippen LogP contribution is 2.26. The Kier molecular flexibility index (Phi) is 4.73. The molecule has 1 aromatic carbocycles. The van der Waals surface area contributed by atoms with E-state index in [-0.39, 0.29) is 11.0 Å². The highest BCUT2D eigenvalue weighted by Gasteiger charge is 2.14. The zero-order valence-corrected chi connectivity index (χ0v) is 13.7. The van der Waals surface area contributed by atoms with Gasteiger partial charge in [0.05, 0.1) is 5.69 Å². The molecule has 0 atom stereocenters. The summed E-state index contributed by atoms with van der Waals surface area (Å²) in [4.78, 5) is 27.9. The summed E-state index contributed by atoms with van der Waals surface area (Å²) in [6.45, 7) is -0.466. The van der Waals surface area contributed by atoms with Gasteiger partial charge in [-0.05, 0) is 41.8 Å². The highest BCUT2D eigenvalue weighted by molar-refractivity contribution is 7.20. The number of anilines is 1. The van der Waals surface area contributed by atoms with Crippen molar-refractivity contribution in [2.24, 2.45) is 0 Å². The van der Waals surface area contributed by atoms with Gasteiger partial charge in [0.25, 0.3) is 5.91 Å². The second-order valence-electron chi connectivity index (χ2n) is 4.76. The van der Waals surface area contributed by atoms with Crippen LogP contribution in [0.2, 0.25) is 5.15 Å². The van der Waals surface area contributed by atoms with Crippen molar-refractivity contribution in [1.82, 2.24) is 4.98 Å². The Balaban J connectivity index is 1.62. The number of pyridine rings is 1. The number of halogens is 2. The molecule has 0 aliphatic carbocycles. The third-order valence-electron chi connectivity index (χ3n) is 3.05. The Morgan fingerprint density at radius 3 is 2.92 bits per heavy atom. The molecule has 0 spiro atoms. The lowest BCUT2D eigenvalue weighted by Gasteiger charge is -2.06. The maximum atomic E-state index is 13.2. The van der Waals surface area contributed by atoms with Gasteiger partial charge in [0.2, 0.25) is 0 Å². The fraction of sp³-hybridized carbons (Fsp3) is 0.0625. The van der Waals surface area contributed by atoms with Crippen LogP contribution in [-0.2, 0) is 9.53 Å². The molecule has 5 nitrogen and oxygen atoms in total. The van der Waals surface area contributed by atoms with Crippen LogP contribution < -0.4 is 5.32 Å². The Hall–Kier alpha value is -2.51. The van der Waals surface area contributed by atoms with E-state index in [2.05, 4.69) is 10.3 Å². The molecule has 24 heavy (non-hydrogen) atoms. The number of carbonyl (C=O) groups excluding carboxylic acids is 2. The standard InChI is InChI=1S/C16H10ClFN2O3S/c17-15-11(2-1-5-19-15)20-14(21)8-23-16(22)13-7-9-6-10(18)3-4-12(9)24-13/h1-7H,8H2,(H,20,21). The predicted molar refractivity (Wildman–Crippen MR) is 89.9 cm³/mol. The number of carbonyl (C=O) groups is 2. The summed E-state index contributed by atoms with van der Waals surface area (Å²) in [6, 6.07) is 8.96. The number of benzene rings is 1. The second kappa shape index (κ2) is 6.94. The van der Waals surface area contributed by atoms with Crippen molar-refractivity contribution in [2.75, 3.05) is 11.9 Å². The molecule has 8 heteroatoms. The minimum atomic E-state index is -0.649. The minimum Gasteiger partial charge on any atom is -0.451 e. The number of esters is 1. The lowest BCUT2D eigenvalue weighted by atomic mass is 10.2. The van der Waals surface area contributed by atoms with Crippen molar-refractivity contribution in [1.29, 1.82) is 0 Å². The summed E-state index contributed by atoms with van der Waals surface area (Å²) in [5.74, 6) is -1.57. The highest BCUT2D eigenvalue weighted by atomic mass is 35.5. The first kappa shape index (κ1) is 16.4. The SMILES string of the molecule is O=C(COC(=O)c1cc2cc(F)ccc2s1)Nc1cccnc1Cl. The van der Waals surface area contributed by atoms with Gasteiger partial charge in [-0.1, -0.05) is 11.6 Å². The first-order valence-electron chi connectivity index (χ1n) is 6.79. The molecule has 2 heterocycles. The predicted octanol–water partition coefficient (Wildman–Crippen LogP) is 3.88. The largest absolute Gasteiger partial charge is 0.451 e. The van der Waals surface area contributed by atoms with Crippen LogP contribution in [0.4, 0.5) is 10.1 Å². The van der Waals surface area contributed by atoms with Crippen LogP contribution in [0, 0.1) is 5.82 Å². The molecule has 3 aromatic rings. The molecule has 0 aliphatic heterocycles. The van der Waals surface area contributed by atoms with Crippen LogP contribution in [0.3, 0.4) is 0 Å². The van der Waals surface area contributed by atoms with Gasteiger partial charge in [-0.25, -0.2) is 14.2 Å². The fourth-order valence-corrected chi connectivity index (χ4v) is 3.09. The Bertz CT molecular complexity index is 929. The molecular weight excluding hydrogens is 355 g/mol. The number of fused-ring (bicyclic) bond motifs is 1. The first-order chi connectivity index (χ1) is 11.5. The number of nitrogens with one attached hydrogen (secondary N) is 1. The summed E-state index contributed by atoms with van der Waals surface area (Å²) < 4.78 is 18.9. The Morgan fingerprint density at radius 1 is 1.29 bits per heavy atom. The van der Waals surface area contributed by atoms with E-state index in [1.54, 1.807) is 18.2 Å². The van der Waals surface area contributed by atoms with E-state index in [9.17, 15) is 14.0 Å². The fourth-order valence-electron chi connectivity index (χ4n) is 1.98. The van der Waals surface area contributed by atoms with Crippen molar-refractivity contribution in [3.05, 3.63) is 58.4 Å². The van der Waals surface area contributed by atoms with Crippen molar-refractivity contribution in [3.8, 4) is 0 Å². The van der Waals surface area contributed by atoms with Crippen molar-refractivity contribution < 1.29 is 18.7 Å². The van der Waals surface area contributed by atoms with Crippen LogP contribution >= 0.6 is 22.9 Å². The van der Waals surface area contributed by atoms with E-state index in [0.717, 1.165) is 4.70 Å². The van der Waals surface area contributed by atoms with E-state index in [0.29, 0.717) is 16.0 Å². The van der Waals surface area contributed by atoms with Gasteiger partial charge in [0.1, 0.15) is 10.7 Å². The molecule has 0 radical (unpaired) electrons. The van der Waals surface area contributed by atoms with Gasteiger partial charge < -0.3 is 10.1 Å². The summed E-state index contributed by atoms with van der Waals surface area (Å²) in [5, 5.41) is 3.25. The van der Waals surface area contributed by atoms with E-state index >= 15 is 0 Å². The zero-order chi connectivity index (χ0) is 17.1. The molecule has 3 rings (SSSR count). The number of aromatic nitrogens is 1. The van der Waals surface area contributed by atoms with Crippen molar-refractivity contribution in [2.45, 2.75) is 0 Å². The van der Waals surface area contributed by atoms with Gasteiger partial charge in [-0.3, -0.25) is 4.79 Å². The summed E-state index contributed by atoms with van der Waals surface area (Å²) >= 11 is 6.99. The molecule has 0 aliphatic rings. The van der Waals surface area contributed by atoms with Gasteiger partial charge in [0, 0.05) is 10.9 Å². The smallest absolute Gasteiger partial charge is 0.348 e. The van der Waals surface area contributed by atoms with Crippen LogP contribution in [-0.4, -0.2) is 23.5 Å². The average molecular weight is 365 g/mol. The number of nitrogens with zero attached hydrogens (tertiary/aromatic N) is 1. The average Bonchev–Trinajstić information content (AvgIpc) is 2.98. The number of rotatable bonds is 4. The maximum Gasteiger partial charge on any atom is 0.348 e. The van der Waals surface area contributed by atoms with Crippen LogP contribution in [0.15, 0.2) is 42.6 Å². The van der Waals surface area contributed by atoms with Crippen molar-refractivity contribution >= 4 is 50.6 Å². The molecule has 0 unspecified atom stereocenters. The lowest BCUT2D eigenvalue weighted by molar-refractivity contribution is -0.119. The lowest BCUT2D eigenvalue weighted by Crippen LogP contribution is -2.20. The second-order valence-corrected chi connectivity index (χ2v) is 6.20. The quantitative estimate of drug-likeness (QED) is 0.563. The molecule has 0 saturated carbocycles. The molecular formula is C16H10ClFN2O3S. The summed E-state index contributed by atoms with van der Waals surface area (Å²) in [5.41, 5.74) is 0.331. The molecule has 0 bridgehead atoms. The van der Waals surface area contributed by atoms with Gasteiger partial charge in [0.15, 0.2) is 11.8 Å². The Morgan fingerprint density at radius 2 is 2.12 bits per heavy atom. The molecule has 122 valence electrons. The summed E-state index contributed by atoms with van der Waals surface area (Å²) in [6.07, 6.45) is 1.49. The van der Waals surface area contributed by atoms with Crippen LogP contribution in [0.1, 0.15) is 9.67 Å². The molecule has 1 amide bonds. The number of amides is 1. The third-order valence-corrected chi connectivity index (χ3v) is 4.44. The monoisotopic (exact) mass is 364 g/mol. The van der Waals surface area contributed by atoms with Crippen molar-refractivity contribution in [3.63, 3.8) is 0 Å². The third kappa shape index (κ3) is 3.69. The Labute approximate surface area is 145 Å². The molecule has 2 aromatic heterocycles. The minimum absolute atomic E-state index is 0.142. The molecule has 0 saturated heterocycles. The zero-order valence-electron chi connectivity index (χ0n) is 12.1. The maximum absolute atomic E-state index is 13.2. The first-order valence-corrected chi connectivity index (χ1v) is 7.99. The van der Waals surface area contributed by atoms with E-state index < -0.39 is 18.5 Å². The number of ether oxygens (including phenoxy) is 1. The number of hydrogen-bond acceptors (Lipinski definition) is 5. The van der Waals surface area contributed by atoms with E-state index in [4.69, 9.17) is 16.3 Å². The normalized spacial score (nSPS) is 10.6. The summed E-state index contributed by atoms with van der Waals surface area (Å²) in [7, 11) is 0. The molecule has 1 N–H and O–H groups in total. The molecule has 0 fully saturated rings. The van der Waals surface area contributed by atoms with E-state index in [1.807, 2.05) is 0 Å². The van der Waals surface area contributed by atoms with E-state index in [1.165, 1.54) is 35.7 Å². The van der Waals surface area contributed by atoms with Gasteiger partial charge in [-0.15, -0.1) is 11.3 Å². The van der Waals surface area contributed by atoms with Gasteiger partial charge >= 0.3 is 5.97 Å². The number of hydrogen-bond donors (Lipinski definition) is 1. The topological polar surface area (TPSA) is 68.3 Å². The van der Waals surface area contributed by atoms with Crippen LogP contribution in [0.5, 0.6) is 0 Å². The van der Waals surface area contributed by atoms with Crippen LogP contribution in [0.25, 0.3) is 10.1 Å². The van der Waals surface area contributed by atoms with Gasteiger partial charge in [-0.2, -0.15) is 0 Å². The number of thiophene rings is 1.